The van der Waals surface area contributed by atoms with Crippen molar-refractivity contribution in [2.75, 3.05) is 24.5 Å². The number of hydrogen-bond acceptors (Lipinski definition) is 5. The molecule has 1 spiro atoms. The Labute approximate surface area is 210 Å². The van der Waals surface area contributed by atoms with Gasteiger partial charge in [0.2, 0.25) is 5.91 Å². The Morgan fingerprint density at radius 1 is 1.00 bits per heavy atom. The van der Waals surface area contributed by atoms with E-state index < -0.39 is 7.12 Å². The van der Waals surface area contributed by atoms with Crippen molar-refractivity contribution in [3.8, 4) is 0 Å². The van der Waals surface area contributed by atoms with E-state index in [9.17, 15) is 4.79 Å². The molecule has 0 aromatic heterocycles. The molecule has 1 N–H and O–H groups in total. The number of fused-ring (bicyclic) bond motifs is 3. The monoisotopic (exact) mass is 477 g/mol. The maximum absolute atomic E-state index is 14.2. The lowest BCUT2D eigenvalue weighted by Gasteiger charge is -2.47. The Hall–Kier alpha value is -1.41. The molecule has 5 fully saturated rings. The highest BCUT2D eigenvalue weighted by atomic mass is 16.7. The predicted molar refractivity (Wildman–Crippen MR) is 138 cm³/mol. The van der Waals surface area contributed by atoms with Crippen molar-refractivity contribution in [3.63, 3.8) is 0 Å². The lowest BCUT2D eigenvalue weighted by molar-refractivity contribution is -0.125. The predicted octanol–water partition coefficient (Wildman–Crippen LogP) is 2.82. The maximum Gasteiger partial charge on any atom is 0.494 e. The van der Waals surface area contributed by atoms with Crippen molar-refractivity contribution in [2.24, 2.45) is 11.8 Å². The van der Waals surface area contributed by atoms with Crippen LogP contribution in [-0.4, -0.2) is 66.9 Å². The number of nitrogens with zero attached hydrogens (tertiary/aromatic N) is 2. The molecule has 7 rings (SSSR count). The van der Waals surface area contributed by atoms with Gasteiger partial charge >= 0.3 is 7.12 Å². The highest BCUT2D eigenvalue weighted by molar-refractivity contribution is 6.62. The molecule has 1 aromatic carbocycles. The van der Waals surface area contributed by atoms with Gasteiger partial charge < -0.3 is 19.5 Å². The van der Waals surface area contributed by atoms with Crippen LogP contribution in [0.5, 0.6) is 0 Å². The highest BCUT2D eigenvalue weighted by Gasteiger charge is 2.59. The van der Waals surface area contributed by atoms with E-state index in [-0.39, 0.29) is 16.6 Å². The molecule has 2 saturated carbocycles. The first-order chi connectivity index (χ1) is 16.6. The summed E-state index contributed by atoms with van der Waals surface area (Å²) in [5.41, 5.74) is 2.24. The average molecular weight is 477 g/mol. The van der Waals surface area contributed by atoms with E-state index in [0.717, 1.165) is 67.8 Å². The van der Waals surface area contributed by atoms with Crippen LogP contribution < -0.4 is 15.7 Å². The summed E-state index contributed by atoms with van der Waals surface area (Å²) < 4.78 is 12.8. The maximum atomic E-state index is 14.2. The van der Waals surface area contributed by atoms with Crippen LogP contribution in [0.15, 0.2) is 18.2 Å². The van der Waals surface area contributed by atoms with Crippen LogP contribution >= 0.6 is 0 Å². The van der Waals surface area contributed by atoms with E-state index in [1.165, 1.54) is 18.5 Å². The number of anilines is 1. The van der Waals surface area contributed by atoms with Crippen molar-refractivity contribution < 1.29 is 14.1 Å². The van der Waals surface area contributed by atoms with Crippen LogP contribution in [-0.2, 0) is 19.5 Å². The minimum absolute atomic E-state index is 0.308. The third-order valence-electron chi connectivity index (χ3n) is 10.8. The topological polar surface area (TPSA) is 54.0 Å². The number of carbonyl (C=O) groups excluding carboxylic acids is 1. The van der Waals surface area contributed by atoms with E-state index in [4.69, 9.17) is 9.31 Å². The molecule has 0 bridgehead atoms. The molecule has 1 aromatic rings. The fourth-order valence-electron chi connectivity index (χ4n) is 7.69. The number of amides is 1. The molecular formula is C28H40BN3O3. The van der Waals surface area contributed by atoms with Crippen LogP contribution in [0.4, 0.5) is 5.69 Å². The van der Waals surface area contributed by atoms with Crippen LogP contribution in [0.3, 0.4) is 0 Å². The normalized spacial score (nSPS) is 38.5. The van der Waals surface area contributed by atoms with Gasteiger partial charge in [0.25, 0.3) is 0 Å². The summed E-state index contributed by atoms with van der Waals surface area (Å²) in [6.45, 7) is 13.9. The number of likely N-dealkylation sites (tertiary alicyclic amines) is 1. The Bertz CT molecular complexity index is 1050. The van der Waals surface area contributed by atoms with Gasteiger partial charge in [-0.2, -0.15) is 0 Å². The standard InChI is InChI=1S/C28H40BN3O3/c1-17-16-31(23-15-21(17)23)19-13-20(14-19)32-24-12-18(29-34-26(2,3)27(4,5)35-29)6-7-22(24)28(25(32)33)8-10-30-11-9-28/h6-7,12,17,19-21,23,30H,8-11,13-16H2,1-5H3/t17-,19-,20+,21?,23+/m0/s1. The van der Waals surface area contributed by atoms with Gasteiger partial charge in [-0.25, -0.2) is 0 Å². The molecule has 2 aliphatic carbocycles. The van der Waals surface area contributed by atoms with Gasteiger partial charge in [0.15, 0.2) is 0 Å². The summed E-state index contributed by atoms with van der Waals surface area (Å²) in [4.78, 5) is 19.2. The zero-order valence-corrected chi connectivity index (χ0v) is 22.0. The van der Waals surface area contributed by atoms with Crippen LogP contribution in [0.25, 0.3) is 0 Å². The summed E-state index contributed by atoms with van der Waals surface area (Å²) in [5.74, 6) is 2.11. The zero-order chi connectivity index (χ0) is 24.3. The molecule has 1 amide bonds. The summed E-state index contributed by atoms with van der Waals surface area (Å²) >= 11 is 0. The first-order valence-electron chi connectivity index (χ1n) is 13.9. The van der Waals surface area contributed by atoms with Crippen molar-refractivity contribution in [3.05, 3.63) is 23.8 Å². The second-order valence-electron chi connectivity index (χ2n) is 13.3. The van der Waals surface area contributed by atoms with Crippen LogP contribution in [0, 0.1) is 11.8 Å². The largest absolute Gasteiger partial charge is 0.494 e. The average Bonchev–Trinajstić information content (AvgIpc) is 3.43. The first kappa shape index (κ1) is 22.8. The quantitative estimate of drug-likeness (QED) is 0.679. The molecule has 6 nitrogen and oxygen atoms in total. The molecule has 3 atom stereocenters. The lowest BCUT2D eigenvalue weighted by atomic mass is 9.72. The Morgan fingerprint density at radius 2 is 1.69 bits per heavy atom. The third-order valence-corrected chi connectivity index (χ3v) is 10.8. The smallest absolute Gasteiger partial charge is 0.399 e. The highest BCUT2D eigenvalue weighted by Crippen LogP contribution is 2.54. The first-order valence-corrected chi connectivity index (χ1v) is 13.9. The molecule has 6 aliphatic rings. The van der Waals surface area contributed by atoms with E-state index in [1.807, 2.05) is 0 Å². The molecule has 4 heterocycles. The molecular weight excluding hydrogens is 437 g/mol. The van der Waals surface area contributed by atoms with Crippen molar-refractivity contribution in [1.29, 1.82) is 0 Å². The minimum Gasteiger partial charge on any atom is -0.399 e. The zero-order valence-electron chi connectivity index (χ0n) is 22.0. The molecule has 7 heteroatoms. The van der Waals surface area contributed by atoms with E-state index >= 15 is 0 Å². The molecule has 188 valence electrons. The number of hydrogen-bond donors (Lipinski definition) is 1. The minimum atomic E-state index is -0.404. The van der Waals surface area contributed by atoms with Gasteiger partial charge in [0.1, 0.15) is 0 Å². The molecule has 35 heavy (non-hydrogen) atoms. The van der Waals surface area contributed by atoms with E-state index in [2.05, 4.69) is 67.9 Å². The van der Waals surface area contributed by atoms with Gasteiger partial charge in [-0.1, -0.05) is 19.1 Å². The third kappa shape index (κ3) is 3.14. The number of piperidine rings is 2. The SMILES string of the molecule is C[C@H]1CN([C@H]2C[C@@H](N3C(=O)C4(CCNCC4)c4ccc(B5OC(C)(C)C(C)(C)O5)cc43)C2)[C@@H]2CC21. The number of rotatable bonds is 3. The van der Waals surface area contributed by atoms with Crippen molar-refractivity contribution >= 4 is 24.2 Å². The van der Waals surface area contributed by atoms with Gasteiger partial charge in [-0.3, -0.25) is 9.69 Å². The second kappa shape index (κ2) is 7.34. The Morgan fingerprint density at radius 3 is 2.29 bits per heavy atom. The number of nitrogens with one attached hydrogen (secondary N) is 1. The summed E-state index contributed by atoms with van der Waals surface area (Å²) in [7, 11) is -0.404. The fraction of sp³-hybridized carbons (Fsp3) is 0.750. The Kier molecular flexibility index (Phi) is 4.77. The molecule has 3 saturated heterocycles. The van der Waals surface area contributed by atoms with Crippen molar-refractivity contribution in [1.82, 2.24) is 10.2 Å². The lowest BCUT2D eigenvalue weighted by Crippen LogP contribution is -2.57. The van der Waals surface area contributed by atoms with Gasteiger partial charge in [0.05, 0.1) is 16.6 Å². The molecule has 1 unspecified atom stereocenters. The molecule has 4 aliphatic heterocycles. The van der Waals surface area contributed by atoms with Crippen LogP contribution in [0.1, 0.15) is 72.3 Å². The summed E-state index contributed by atoms with van der Waals surface area (Å²) in [6, 6.07) is 8.35. The van der Waals surface area contributed by atoms with E-state index in [1.54, 1.807) is 0 Å². The summed E-state index contributed by atoms with van der Waals surface area (Å²) in [6.07, 6.45) is 5.37. The summed E-state index contributed by atoms with van der Waals surface area (Å²) in [5, 5.41) is 3.47. The van der Waals surface area contributed by atoms with Crippen LogP contribution in [0.2, 0.25) is 0 Å². The van der Waals surface area contributed by atoms with Crippen molar-refractivity contribution in [2.45, 2.75) is 101 Å². The number of benzene rings is 1. The molecule has 0 radical (unpaired) electrons. The second-order valence-corrected chi connectivity index (χ2v) is 13.3. The van der Waals surface area contributed by atoms with Gasteiger partial charge in [-0.05, 0) is 102 Å². The van der Waals surface area contributed by atoms with Gasteiger partial charge in [0, 0.05) is 30.4 Å². The van der Waals surface area contributed by atoms with Gasteiger partial charge in [-0.15, -0.1) is 0 Å². The van der Waals surface area contributed by atoms with E-state index in [0.29, 0.717) is 18.0 Å². The number of carbonyl (C=O) groups is 1. The fourth-order valence-corrected chi connectivity index (χ4v) is 7.69. The Balaban J connectivity index is 1.19.